The zero-order valence-corrected chi connectivity index (χ0v) is 20.5. The van der Waals surface area contributed by atoms with Crippen LogP contribution in [-0.2, 0) is 26.2 Å². The number of likely N-dealkylation sites (N-methyl/N-ethyl adjacent to an activating group) is 1. The number of anilines is 1. The van der Waals surface area contributed by atoms with Crippen molar-refractivity contribution in [1.29, 1.82) is 0 Å². The van der Waals surface area contributed by atoms with E-state index in [1.807, 2.05) is 0 Å². The highest BCUT2D eigenvalue weighted by molar-refractivity contribution is 7.92. The number of para-hydroxylation sites is 1. The molecular weight excluding hydrogens is 473 g/mol. The van der Waals surface area contributed by atoms with Crippen molar-refractivity contribution < 1.29 is 18.0 Å². The first-order valence-corrected chi connectivity index (χ1v) is 12.6. The molecule has 2 aromatic rings. The van der Waals surface area contributed by atoms with Crippen molar-refractivity contribution in [3.8, 4) is 0 Å². The molecule has 0 radical (unpaired) electrons. The molecule has 1 atom stereocenters. The maximum Gasteiger partial charge on any atom is 0.242 e. The van der Waals surface area contributed by atoms with Gasteiger partial charge >= 0.3 is 0 Å². The first kappa shape index (κ1) is 26.0. The van der Waals surface area contributed by atoms with Gasteiger partial charge in [0, 0.05) is 36.6 Å². The Hall–Kier alpha value is -2.29. The van der Waals surface area contributed by atoms with E-state index >= 15 is 0 Å². The summed E-state index contributed by atoms with van der Waals surface area (Å²) < 4.78 is 25.7. The smallest absolute Gasteiger partial charge is 0.242 e. The Labute approximate surface area is 199 Å². The van der Waals surface area contributed by atoms with Crippen LogP contribution in [0.25, 0.3) is 0 Å². The summed E-state index contributed by atoms with van der Waals surface area (Å²) >= 11 is 12.2. The summed E-state index contributed by atoms with van der Waals surface area (Å²) in [6.07, 6.45) is 1.47. The predicted octanol–water partition coefficient (Wildman–Crippen LogP) is 3.70. The summed E-state index contributed by atoms with van der Waals surface area (Å²) in [6.45, 7) is 1.89. The molecule has 1 N–H and O–H groups in total. The van der Waals surface area contributed by atoms with Crippen molar-refractivity contribution in [3.05, 3.63) is 64.1 Å². The van der Waals surface area contributed by atoms with Gasteiger partial charge in [-0.25, -0.2) is 8.42 Å². The predicted molar refractivity (Wildman–Crippen MR) is 128 cm³/mol. The Morgan fingerprint density at radius 3 is 2.31 bits per heavy atom. The molecule has 174 valence electrons. The van der Waals surface area contributed by atoms with E-state index in [1.165, 1.54) is 16.3 Å². The number of carbonyl (C=O) groups excluding carboxylic acids is 2. The largest absolute Gasteiger partial charge is 0.357 e. The first-order valence-electron chi connectivity index (χ1n) is 10.0. The molecule has 0 aliphatic rings. The highest BCUT2D eigenvalue weighted by atomic mass is 35.5. The van der Waals surface area contributed by atoms with Crippen molar-refractivity contribution in [2.24, 2.45) is 0 Å². The number of carbonyl (C=O) groups is 2. The average molecular weight is 500 g/mol. The van der Waals surface area contributed by atoms with Gasteiger partial charge in [-0.2, -0.15) is 0 Å². The van der Waals surface area contributed by atoms with E-state index in [1.54, 1.807) is 55.5 Å². The maximum absolute atomic E-state index is 13.1. The molecule has 7 nitrogen and oxygen atoms in total. The number of sulfonamides is 1. The van der Waals surface area contributed by atoms with Crippen LogP contribution in [0.3, 0.4) is 0 Å². The number of hydrogen-bond acceptors (Lipinski definition) is 4. The molecule has 2 aromatic carbocycles. The fraction of sp³-hybridized carbons (Fsp3) is 0.364. The monoisotopic (exact) mass is 499 g/mol. The van der Waals surface area contributed by atoms with Crippen molar-refractivity contribution in [2.45, 2.75) is 32.4 Å². The molecule has 0 aliphatic carbocycles. The molecule has 0 bridgehead atoms. The van der Waals surface area contributed by atoms with E-state index < -0.39 is 16.1 Å². The second-order valence-corrected chi connectivity index (χ2v) is 10.1. The van der Waals surface area contributed by atoms with Gasteiger partial charge in [0.2, 0.25) is 21.8 Å². The minimum atomic E-state index is -3.51. The Bertz CT molecular complexity index is 1050. The van der Waals surface area contributed by atoms with Crippen LogP contribution in [0.4, 0.5) is 5.69 Å². The summed E-state index contributed by atoms with van der Waals surface area (Å²) in [7, 11) is -2.01. The van der Waals surface area contributed by atoms with Crippen molar-refractivity contribution in [1.82, 2.24) is 10.2 Å². The Morgan fingerprint density at radius 2 is 1.75 bits per heavy atom. The second kappa shape index (κ2) is 11.5. The van der Waals surface area contributed by atoms with E-state index in [2.05, 4.69) is 5.32 Å². The molecule has 0 fully saturated rings. The third-order valence-electron chi connectivity index (χ3n) is 4.97. The molecule has 1 unspecified atom stereocenters. The number of amides is 2. The van der Waals surface area contributed by atoms with Crippen molar-refractivity contribution >= 4 is 50.7 Å². The molecule has 2 amide bonds. The van der Waals surface area contributed by atoms with Crippen molar-refractivity contribution in [2.75, 3.05) is 24.2 Å². The van der Waals surface area contributed by atoms with Gasteiger partial charge in [0.05, 0.1) is 11.9 Å². The molecule has 0 aromatic heterocycles. The van der Waals surface area contributed by atoms with E-state index in [-0.39, 0.29) is 37.7 Å². The summed E-state index contributed by atoms with van der Waals surface area (Å²) in [4.78, 5) is 26.7. The lowest BCUT2D eigenvalue weighted by atomic mass is 10.1. The van der Waals surface area contributed by atoms with Crippen LogP contribution in [0.1, 0.15) is 25.3 Å². The van der Waals surface area contributed by atoms with Gasteiger partial charge in [0.15, 0.2) is 0 Å². The Kier molecular flexibility index (Phi) is 9.36. The van der Waals surface area contributed by atoms with Gasteiger partial charge in [-0.05, 0) is 43.2 Å². The average Bonchev–Trinajstić information content (AvgIpc) is 2.74. The maximum atomic E-state index is 13.1. The van der Waals surface area contributed by atoms with E-state index in [9.17, 15) is 18.0 Å². The van der Waals surface area contributed by atoms with Gasteiger partial charge in [0.1, 0.15) is 6.04 Å². The molecule has 32 heavy (non-hydrogen) atoms. The van der Waals surface area contributed by atoms with E-state index in [0.717, 1.165) is 6.26 Å². The number of benzene rings is 2. The zero-order chi connectivity index (χ0) is 23.9. The number of rotatable bonds is 10. The van der Waals surface area contributed by atoms with Gasteiger partial charge < -0.3 is 10.2 Å². The van der Waals surface area contributed by atoms with Gasteiger partial charge in [-0.3, -0.25) is 13.9 Å². The third kappa shape index (κ3) is 7.12. The summed E-state index contributed by atoms with van der Waals surface area (Å²) in [5.74, 6) is -0.598. The molecule has 0 saturated heterocycles. The second-order valence-electron chi connectivity index (χ2n) is 7.32. The minimum absolute atomic E-state index is 0.0609. The van der Waals surface area contributed by atoms with Crippen LogP contribution in [0.5, 0.6) is 0 Å². The molecular formula is C22H27Cl2N3O4S. The summed E-state index contributed by atoms with van der Waals surface area (Å²) in [6, 6.07) is 12.9. The molecule has 0 heterocycles. The van der Waals surface area contributed by atoms with Gasteiger partial charge in [-0.15, -0.1) is 0 Å². The van der Waals surface area contributed by atoms with Crippen LogP contribution in [0.15, 0.2) is 48.5 Å². The summed E-state index contributed by atoms with van der Waals surface area (Å²) in [5, 5.41) is 3.42. The molecule has 10 heteroatoms. The lowest BCUT2D eigenvalue weighted by molar-refractivity contribution is -0.140. The lowest BCUT2D eigenvalue weighted by Crippen LogP contribution is -2.46. The quantitative estimate of drug-likeness (QED) is 0.539. The van der Waals surface area contributed by atoms with Crippen LogP contribution < -0.4 is 9.62 Å². The van der Waals surface area contributed by atoms with E-state index in [0.29, 0.717) is 21.3 Å². The minimum Gasteiger partial charge on any atom is -0.357 e. The molecule has 0 saturated carbocycles. The highest BCUT2D eigenvalue weighted by Gasteiger charge is 2.26. The Balaban J connectivity index is 2.15. The van der Waals surface area contributed by atoms with Gasteiger partial charge in [-0.1, -0.05) is 47.5 Å². The van der Waals surface area contributed by atoms with Crippen LogP contribution in [-0.4, -0.2) is 51.0 Å². The third-order valence-corrected chi connectivity index (χ3v) is 6.75. The molecule has 0 aliphatic heterocycles. The Morgan fingerprint density at radius 1 is 1.09 bits per heavy atom. The van der Waals surface area contributed by atoms with Crippen molar-refractivity contribution in [3.63, 3.8) is 0 Å². The SMILES string of the molecule is CNC(=O)C(C)N(Cc1ccc(Cl)cc1Cl)C(=O)CCCN(c1ccccc1)S(C)(=O)=O. The van der Waals surface area contributed by atoms with Crippen LogP contribution in [0.2, 0.25) is 10.0 Å². The standard InChI is InChI=1S/C22H27Cl2N3O4S/c1-16(22(29)25-2)26(15-17-11-12-18(23)14-20(17)24)21(28)10-7-13-27(32(3,30)31)19-8-5-4-6-9-19/h4-6,8-9,11-12,14,16H,7,10,13,15H2,1-3H3,(H,25,29). The number of hydrogen-bond donors (Lipinski definition) is 1. The number of nitrogens with zero attached hydrogens (tertiary/aromatic N) is 2. The fourth-order valence-electron chi connectivity index (χ4n) is 3.22. The zero-order valence-electron chi connectivity index (χ0n) is 18.2. The lowest BCUT2D eigenvalue weighted by Gasteiger charge is -2.29. The van der Waals surface area contributed by atoms with Crippen LogP contribution >= 0.6 is 23.2 Å². The number of halogens is 2. The van der Waals surface area contributed by atoms with Gasteiger partial charge in [0.25, 0.3) is 0 Å². The highest BCUT2D eigenvalue weighted by Crippen LogP contribution is 2.24. The molecule has 2 rings (SSSR count). The topological polar surface area (TPSA) is 86.8 Å². The first-order chi connectivity index (χ1) is 15.0. The normalized spacial score (nSPS) is 12.2. The number of nitrogens with one attached hydrogen (secondary N) is 1. The van der Waals surface area contributed by atoms with E-state index in [4.69, 9.17) is 23.2 Å². The fourth-order valence-corrected chi connectivity index (χ4v) is 4.66. The molecule has 0 spiro atoms. The van der Waals surface area contributed by atoms with Crippen LogP contribution in [0, 0.1) is 0 Å². The summed E-state index contributed by atoms with van der Waals surface area (Å²) in [5.41, 5.74) is 1.19.